The SMILES string of the molecule is O=C(CN1CCc2sccc2[C@H]1c1cccc(F)c1)N1CCCN(C(=O)Nc2cccc(Cl)c2)CC1. The van der Waals surface area contributed by atoms with E-state index < -0.39 is 0 Å². The first-order valence-electron chi connectivity index (χ1n) is 12.1. The first-order valence-corrected chi connectivity index (χ1v) is 13.4. The topological polar surface area (TPSA) is 55.9 Å². The molecule has 2 aliphatic rings. The summed E-state index contributed by atoms with van der Waals surface area (Å²) in [5, 5.41) is 5.52. The number of rotatable bonds is 4. The van der Waals surface area contributed by atoms with Crippen molar-refractivity contribution in [1.29, 1.82) is 0 Å². The average Bonchev–Trinajstić information content (AvgIpc) is 3.19. The summed E-state index contributed by atoms with van der Waals surface area (Å²) in [6.45, 7) is 3.10. The summed E-state index contributed by atoms with van der Waals surface area (Å²) in [6, 6.07) is 15.5. The summed E-state index contributed by atoms with van der Waals surface area (Å²) in [4.78, 5) is 33.2. The second kappa shape index (κ2) is 11.0. The van der Waals surface area contributed by atoms with E-state index >= 15 is 0 Å². The summed E-state index contributed by atoms with van der Waals surface area (Å²) in [6.07, 6.45) is 1.58. The highest BCUT2D eigenvalue weighted by molar-refractivity contribution is 7.10. The van der Waals surface area contributed by atoms with Crippen LogP contribution in [0.4, 0.5) is 14.9 Å². The Balaban J connectivity index is 1.24. The van der Waals surface area contributed by atoms with Crippen molar-refractivity contribution in [2.45, 2.75) is 18.9 Å². The van der Waals surface area contributed by atoms with Crippen molar-refractivity contribution in [3.05, 3.63) is 86.8 Å². The molecule has 9 heteroatoms. The first-order chi connectivity index (χ1) is 17.5. The molecule has 1 N–H and O–H groups in total. The van der Waals surface area contributed by atoms with Crippen LogP contribution in [0.1, 0.15) is 28.5 Å². The molecule has 3 heterocycles. The van der Waals surface area contributed by atoms with E-state index in [2.05, 4.69) is 21.7 Å². The Morgan fingerprint density at radius 3 is 2.64 bits per heavy atom. The third kappa shape index (κ3) is 5.56. The summed E-state index contributed by atoms with van der Waals surface area (Å²) < 4.78 is 14.1. The van der Waals surface area contributed by atoms with E-state index in [0.717, 1.165) is 24.1 Å². The smallest absolute Gasteiger partial charge is 0.321 e. The zero-order valence-corrected chi connectivity index (χ0v) is 21.4. The predicted octanol–water partition coefficient (Wildman–Crippen LogP) is 5.25. The van der Waals surface area contributed by atoms with Crippen LogP contribution < -0.4 is 5.32 Å². The average molecular weight is 527 g/mol. The number of hydrogen-bond donors (Lipinski definition) is 1. The number of urea groups is 1. The molecule has 0 bridgehead atoms. The molecule has 5 rings (SSSR count). The molecule has 2 aliphatic heterocycles. The third-order valence-electron chi connectivity index (χ3n) is 6.78. The van der Waals surface area contributed by atoms with Gasteiger partial charge in [-0.3, -0.25) is 9.69 Å². The molecule has 1 fully saturated rings. The van der Waals surface area contributed by atoms with Crippen molar-refractivity contribution in [3.63, 3.8) is 0 Å². The number of nitrogens with one attached hydrogen (secondary N) is 1. The largest absolute Gasteiger partial charge is 0.340 e. The molecular formula is C27H28ClFN4O2S. The van der Waals surface area contributed by atoms with E-state index in [9.17, 15) is 14.0 Å². The molecule has 1 atom stereocenters. The van der Waals surface area contributed by atoms with Crippen molar-refractivity contribution in [1.82, 2.24) is 14.7 Å². The Morgan fingerprint density at radius 1 is 1.00 bits per heavy atom. The Kier molecular flexibility index (Phi) is 7.55. The van der Waals surface area contributed by atoms with Gasteiger partial charge in [0, 0.05) is 48.3 Å². The van der Waals surface area contributed by atoms with E-state index in [4.69, 9.17) is 11.6 Å². The van der Waals surface area contributed by atoms with Gasteiger partial charge in [0.05, 0.1) is 12.6 Å². The van der Waals surface area contributed by atoms with Gasteiger partial charge in [-0.15, -0.1) is 11.3 Å². The minimum atomic E-state index is -0.273. The van der Waals surface area contributed by atoms with Gasteiger partial charge in [-0.05, 0) is 65.7 Å². The third-order valence-corrected chi connectivity index (χ3v) is 8.01. The van der Waals surface area contributed by atoms with Gasteiger partial charge in [0.25, 0.3) is 0 Å². The molecule has 3 amide bonds. The molecule has 0 radical (unpaired) electrons. The van der Waals surface area contributed by atoms with Crippen molar-refractivity contribution in [3.8, 4) is 0 Å². The number of carbonyl (C=O) groups excluding carboxylic acids is 2. The molecule has 0 spiro atoms. The highest BCUT2D eigenvalue weighted by Crippen LogP contribution is 2.37. The van der Waals surface area contributed by atoms with Crippen LogP contribution in [0.15, 0.2) is 60.0 Å². The second-order valence-electron chi connectivity index (χ2n) is 9.14. The van der Waals surface area contributed by atoms with Crippen molar-refractivity contribution < 1.29 is 14.0 Å². The molecule has 1 aromatic heterocycles. The Hall–Kier alpha value is -2.94. The number of amides is 3. The lowest BCUT2D eigenvalue weighted by molar-refractivity contribution is -0.132. The van der Waals surface area contributed by atoms with E-state index in [1.807, 2.05) is 11.0 Å². The first kappa shape index (κ1) is 24.7. The van der Waals surface area contributed by atoms with Crippen molar-refractivity contribution >= 4 is 40.6 Å². The van der Waals surface area contributed by atoms with Crippen LogP contribution in [0.5, 0.6) is 0 Å². The number of halogens is 2. The second-order valence-corrected chi connectivity index (χ2v) is 10.6. The summed E-state index contributed by atoms with van der Waals surface area (Å²) in [7, 11) is 0. The number of anilines is 1. The number of thiophene rings is 1. The van der Waals surface area contributed by atoms with E-state index in [1.54, 1.807) is 52.6 Å². The van der Waals surface area contributed by atoms with Gasteiger partial charge in [-0.1, -0.05) is 29.8 Å². The van der Waals surface area contributed by atoms with Crippen LogP contribution in [0.25, 0.3) is 0 Å². The lowest BCUT2D eigenvalue weighted by Crippen LogP contribution is -2.45. The predicted molar refractivity (Wildman–Crippen MR) is 141 cm³/mol. The van der Waals surface area contributed by atoms with Crippen LogP contribution in [-0.2, 0) is 11.2 Å². The van der Waals surface area contributed by atoms with Crippen LogP contribution in [-0.4, -0.2) is 65.9 Å². The molecule has 1 saturated heterocycles. The molecule has 188 valence electrons. The van der Waals surface area contributed by atoms with Crippen LogP contribution in [0.2, 0.25) is 5.02 Å². The maximum atomic E-state index is 14.1. The van der Waals surface area contributed by atoms with Gasteiger partial charge < -0.3 is 15.1 Å². The van der Waals surface area contributed by atoms with Gasteiger partial charge in [0.1, 0.15) is 5.82 Å². The molecule has 36 heavy (non-hydrogen) atoms. The number of fused-ring (bicyclic) bond motifs is 1. The fourth-order valence-corrected chi connectivity index (χ4v) is 6.11. The molecule has 6 nitrogen and oxygen atoms in total. The minimum Gasteiger partial charge on any atom is -0.340 e. The Bertz CT molecular complexity index is 1250. The minimum absolute atomic E-state index is 0.0344. The van der Waals surface area contributed by atoms with Crippen molar-refractivity contribution in [2.75, 3.05) is 44.6 Å². The maximum Gasteiger partial charge on any atom is 0.321 e. The summed E-state index contributed by atoms with van der Waals surface area (Å²) in [5.41, 5.74) is 2.66. The Morgan fingerprint density at radius 2 is 1.81 bits per heavy atom. The zero-order chi connectivity index (χ0) is 25.1. The highest BCUT2D eigenvalue weighted by atomic mass is 35.5. The summed E-state index contributed by atoms with van der Waals surface area (Å²) in [5.74, 6) is -0.239. The van der Waals surface area contributed by atoms with E-state index in [-0.39, 0.29) is 30.3 Å². The number of benzene rings is 2. The Labute approximate surface area is 219 Å². The highest BCUT2D eigenvalue weighted by Gasteiger charge is 2.32. The van der Waals surface area contributed by atoms with Crippen LogP contribution in [0, 0.1) is 5.82 Å². The molecule has 0 aliphatic carbocycles. The lowest BCUT2D eigenvalue weighted by Gasteiger charge is -2.37. The number of nitrogens with zero attached hydrogens (tertiary/aromatic N) is 3. The molecule has 2 aromatic carbocycles. The standard InChI is InChI=1S/C27H28ClFN4O2S/c28-20-5-2-7-22(17-20)30-27(35)32-11-3-10-31(13-14-32)25(34)18-33-12-8-24-23(9-15-36-24)26(33)19-4-1-6-21(29)16-19/h1-2,4-7,9,15-17,26H,3,8,10-14,18H2,(H,30,35)/t26-/m1/s1. The molecule has 0 saturated carbocycles. The maximum absolute atomic E-state index is 14.1. The number of hydrogen-bond acceptors (Lipinski definition) is 4. The van der Waals surface area contributed by atoms with E-state index in [0.29, 0.717) is 43.3 Å². The van der Waals surface area contributed by atoms with Gasteiger partial charge in [0.15, 0.2) is 0 Å². The van der Waals surface area contributed by atoms with Crippen molar-refractivity contribution in [2.24, 2.45) is 0 Å². The molecular weight excluding hydrogens is 499 g/mol. The lowest BCUT2D eigenvalue weighted by atomic mass is 9.93. The van der Waals surface area contributed by atoms with Gasteiger partial charge in [0.2, 0.25) is 5.91 Å². The van der Waals surface area contributed by atoms with Gasteiger partial charge >= 0.3 is 6.03 Å². The van der Waals surface area contributed by atoms with Gasteiger partial charge in [-0.25, -0.2) is 9.18 Å². The summed E-state index contributed by atoms with van der Waals surface area (Å²) >= 11 is 7.74. The normalized spacial score (nSPS) is 18.4. The quantitative estimate of drug-likeness (QED) is 0.505. The molecule has 0 unspecified atom stereocenters. The van der Waals surface area contributed by atoms with Gasteiger partial charge in [-0.2, -0.15) is 0 Å². The fraction of sp³-hybridized carbons (Fsp3) is 0.333. The van der Waals surface area contributed by atoms with Crippen LogP contribution >= 0.6 is 22.9 Å². The zero-order valence-electron chi connectivity index (χ0n) is 19.8. The number of carbonyl (C=O) groups is 2. The van der Waals surface area contributed by atoms with E-state index in [1.165, 1.54) is 10.9 Å². The molecule has 3 aromatic rings. The fourth-order valence-electron chi connectivity index (χ4n) is 5.02. The van der Waals surface area contributed by atoms with Crippen LogP contribution in [0.3, 0.4) is 0 Å². The monoisotopic (exact) mass is 526 g/mol.